The summed E-state index contributed by atoms with van der Waals surface area (Å²) in [5, 5.41) is 5.25. The van der Waals surface area contributed by atoms with Gasteiger partial charge >= 0.3 is 18.1 Å². The Balaban J connectivity index is 1.31. The van der Waals surface area contributed by atoms with Crippen LogP contribution in [0.1, 0.15) is 23.1 Å². The zero-order chi connectivity index (χ0) is 25.4. The Labute approximate surface area is 208 Å². The Morgan fingerprint density at radius 1 is 0.806 bits per heavy atom. The second kappa shape index (κ2) is 11.2. The van der Waals surface area contributed by atoms with Crippen molar-refractivity contribution in [3.05, 3.63) is 108 Å². The molecule has 3 aromatic carbocycles. The first-order chi connectivity index (χ1) is 17.5. The van der Waals surface area contributed by atoms with Crippen LogP contribution in [-0.4, -0.2) is 42.2 Å². The molecule has 0 spiro atoms. The summed E-state index contributed by atoms with van der Waals surface area (Å²) in [7, 11) is 0. The van der Waals surface area contributed by atoms with Gasteiger partial charge in [-0.25, -0.2) is 14.5 Å². The average molecular weight is 488 g/mol. The third kappa shape index (κ3) is 5.35. The summed E-state index contributed by atoms with van der Waals surface area (Å²) in [6.07, 6.45) is -0.830. The van der Waals surface area contributed by atoms with Gasteiger partial charge in [0.1, 0.15) is 6.61 Å². The van der Waals surface area contributed by atoms with Gasteiger partial charge in [-0.15, -0.1) is 0 Å². The molecule has 0 atom stereocenters. The number of alkyl carbamates (subject to hydrolysis) is 1. The van der Waals surface area contributed by atoms with Gasteiger partial charge in [0.2, 0.25) is 0 Å². The van der Waals surface area contributed by atoms with Gasteiger partial charge in [-0.1, -0.05) is 91.0 Å². The van der Waals surface area contributed by atoms with E-state index in [1.807, 2.05) is 42.5 Å². The number of carbonyl (C=O) groups excluding carboxylic acids is 4. The number of nitrogens with zero attached hydrogens (tertiary/aromatic N) is 1. The number of rotatable bonds is 9. The van der Waals surface area contributed by atoms with Gasteiger partial charge in [0, 0.05) is 6.54 Å². The minimum atomic E-state index is -1.43. The van der Waals surface area contributed by atoms with Gasteiger partial charge in [-0.3, -0.25) is 9.59 Å². The van der Waals surface area contributed by atoms with Gasteiger partial charge in [0.05, 0.1) is 6.42 Å². The topological polar surface area (TPSA) is 114 Å². The summed E-state index contributed by atoms with van der Waals surface area (Å²) < 4.78 is 10.2. The first-order valence-electron chi connectivity index (χ1n) is 11.4. The maximum Gasteiger partial charge on any atom is 0.407 e. The molecule has 4 rings (SSSR count). The molecule has 0 bridgehead atoms. The number of hydrogen-bond donors (Lipinski definition) is 2. The fourth-order valence-electron chi connectivity index (χ4n) is 3.88. The fraction of sp³-hybridized carbons (Fsp3) is 0.185. The molecule has 1 aliphatic heterocycles. The van der Waals surface area contributed by atoms with E-state index in [4.69, 9.17) is 9.47 Å². The van der Waals surface area contributed by atoms with Crippen LogP contribution in [0.15, 0.2) is 91.0 Å². The molecule has 0 radical (unpaired) electrons. The molecule has 0 aliphatic carbocycles. The molecule has 3 aromatic rings. The maximum absolute atomic E-state index is 13.5. The molecular weight excluding hydrogens is 462 g/mol. The van der Waals surface area contributed by atoms with E-state index in [9.17, 15) is 19.2 Å². The molecule has 36 heavy (non-hydrogen) atoms. The number of benzene rings is 3. The molecule has 0 saturated carbocycles. The van der Waals surface area contributed by atoms with Crippen LogP contribution in [0.2, 0.25) is 0 Å². The summed E-state index contributed by atoms with van der Waals surface area (Å²) in [4.78, 5) is 51.2. The van der Waals surface area contributed by atoms with E-state index in [0.29, 0.717) is 11.1 Å². The lowest BCUT2D eigenvalue weighted by atomic mass is 9.83. The first-order valence-corrected chi connectivity index (χ1v) is 11.4. The van der Waals surface area contributed by atoms with Crippen molar-refractivity contribution in [3.63, 3.8) is 0 Å². The van der Waals surface area contributed by atoms with Crippen LogP contribution in [0.25, 0.3) is 0 Å². The summed E-state index contributed by atoms with van der Waals surface area (Å²) in [6, 6.07) is 26.3. The Bertz CT molecular complexity index is 1180. The van der Waals surface area contributed by atoms with Crippen LogP contribution in [0.4, 0.5) is 9.59 Å². The van der Waals surface area contributed by atoms with Gasteiger partial charge < -0.3 is 20.1 Å². The highest BCUT2D eigenvalue weighted by Crippen LogP contribution is 2.35. The second-order valence-corrected chi connectivity index (χ2v) is 8.03. The quantitative estimate of drug-likeness (QED) is 0.354. The Morgan fingerprint density at radius 2 is 1.36 bits per heavy atom. The molecule has 1 fully saturated rings. The van der Waals surface area contributed by atoms with E-state index >= 15 is 0 Å². The Hall–Kier alpha value is -4.66. The van der Waals surface area contributed by atoms with Crippen molar-refractivity contribution in [2.45, 2.75) is 18.6 Å². The van der Waals surface area contributed by atoms with Crippen LogP contribution in [-0.2, 0) is 31.2 Å². The zero-order valence-corrected chi connectivity index (χ0v) is 19.4. The molecule has 0 unspecified atom stereocenters. The summed E-state index contributed by atoms with van der Waals surface area (Å²) in [5.74, 6) is -1.24. The monoisotopic (exact) mass is 487 g/mol. The highest BCUT2D eigenvalue weighted by atomic mass is 16.6. The van der Waals surface area contributed by atoms with Gasteiger partial charge in [0.25, 0.3) is 5.91 Å². The highest BCUT2D eigenvalue weighted by molar-refractivity contribution is 6.09. The molecule has 0 aromatic heterocycles. The molecule has 1 saturated heterocycles. The molecular formula is C27H25N3O6. The van der Waals surface area contributed by atoms with Crippen LogP contribution >= 0.6 is 0 Å². The standard InChI is InChI=1S/C27H25N3O6/c31-23(16-17-28-26(34)35-18-20-10-4-1-5-11-20)36-19-30-24(32)27(29-25(30)33,21-12-6-2-7-13-21)22-14-8-3-9-15-22/h1-15H,16-19H2,(H,28,34)(H,29,33). The normalized spacial score (nSPS) is 14.2. The van der Waals surface area contributed by atoms with E-state index in [1.165, 1.54) is 0 Å². The second-order valence-electron chi connectivity index (χ2n) is 8.03. The number of carbonyl (C=O) groups is 4. The summed E-state index contributed by atoms with van der Waals surface area (Å²) in [5.41, 5.74) is 0.571. The fourth-order valence-corrected chi connectivity index (χ4v) is 3.88. The smallest absolute Gasteiger partial charge is 0.407 e. The molecule has 9 heteroatoms. The van der Waals surface area contributed by atoms with Crippen LogP contribution < -0.4 is 10.6 Å². The number of imide groups is 1. The predicted molar refractivity (Wildman–Crippen MR) is 129 cm³/mol. The van der Waals surface area contributed by atoms with Crippen molar-refractivity contribution >= 4 is 24.0 Å². The zero-order valence-electron chi connectivity index (χ0n) is 19.4. The minimum Gasteiger partial charge on any atom is -0.445 e. The van der Waals surface area contributed by atoms with Gasteiger partial charge in [-0.2, -0.15) is 0 Å². The van der Waals surface area contributed by atoms with Crippen LogP contribution in [0.3, 0.4) is 0 Å². The number of nitrogens with one attached hydrogen (secondary N) is 2. The Morgan fingerprint density at radius 3 is 1.94 bits per heavy atom. The van der Waals surface area contributed by atoms with E-state index in [0.717, 1.165) is 10.5 Å². The van der Waals surface area contributed by atoms with E-state index in [1.54, 1.807) is 48.5 Å². The van der Waals surface area contributed by atoms with Crippen molar-refractivity contribution in [3.8, 4) is 0 Å². The van der Waals surface area contributed by atoms with Crippen molar-refractivity contribution < 1.29 is 28.7 Å². The molecule has 2 N–H and O–H groups in total. The number of ether oxygens (including phenoxy) is 2. The SMILES string of the molecule is O=C(CCNC(=O)OCc1ccccc1)OCN1C(=O)NC(c2ccccc2)(c2ccccc2)C1=O. The number of hydrogen-bond acceptors (Lipinski definition) is 6. The lowest BCUT2D eigenvalue weighted by molar-refractivity contribution is -0.150. The van der Waals surface area contributed by atoms with E-state index < -0.39 is 36.3 Å². The number of esters is 1. The summed E-state index contributed by atoms with van der Waals surface area (Å²) >= 11 is 0. The third-order valence-electron chi connectivity index (χ3n) is 5.68. The molecule has 4 amide bonds. The third-order valence-corrected chi connectivity index (χ3v) is 5.68. The van der Waals surface area contributed by atoms with Crippen molar-refractivity contribution in [2.24, 2.45) is 0 Å². The van der Waals surface area contributed by atoms with Crippen LogP contribution in [0.5, 0.6) is 0 Å². The molecule has 1 aliphatic rings. The molecule has 9 nitrogen and oxygen atoms in total. The number of urea groups is 1. The minimum absolute atomic E-state index is 0.0232. The van der Waals surface area contributed by atoms with Gasteiger partial charge in [0.15, 0.2) is 12.3 Å². The van der Waals surface area contributed by atoms with Crippen molar-refractivity contribution in [1.29, 1.82) is 0 Å². The largest absolute Gasteiger partial charge is 0.445 e. The Kier molecular flexibility index (Phi) is 7.60. The van der Waals surface area contributed by atoms with Crippen molar-refractivity contribution in [1.82, 2.24) is 15.5 Å². The van der Waals surface area contributed by atoms with E-state index in [2.05, 4.69) is 10.6 Å². The average Bonchev–Trinajstić information content (AvgIpc) is 3.18. The lowest BCUT2D eigenvalue weighted by Gasteiger charge is -2.27. The summed E-state index contributed by atoms with van der Waals surface area (Å²) in [6.45, 7) is -0.470. The van der Waals surface area contributed by atoms with E-state index in [-0.39, 0.29) is 19.6 Å². The molecule has 1 heterocycles. The lowest BCUT2D eigenvalue weighted by Crippen LogP contribution is -2.45. The maximum atomic E-state index is 13.5. The van der Waals surface area contributed by atoms with Crippen LogP contribution in [0, 0.1) is 0 Å². The highest BCUT2D eigenvalue weighted by Gasteiger charge is 2.54. The first kappa shape index (κ1) is 24.5. The predicted octanol–water partition coefficient (Wildman–Crippen LogP) is 3.30. The molecule has 184 valence electrons. The van der Waals surface area contributed by atoms with Crippen molar-refractivity contribution in [2.75, 3.05) is 13.3 Å². The number of amides is 4. The van der Waals surface area contributed by atoms with Gasteiger partial charge in [-0.05, 0) is 16.7 Å².